The maximum atomic E-state index is 13.9. The van der Waals surface area contributed by atoms with Crippen LogP contribution in [0.5, 0.6) is 0 Å². The Bertz CT molecular complexity index is 1100. The third-order valence-corrected chi connectivity index (χ3v) is 12.7. The van der Waals surface area contributed by atoms with Crippen molar-refractivity contribution >= 4 is 34.1 Å². The van der Waals surface area contributed by atoms with E-state index in [-0.39, 0.29) is 33.2 Å². The van der Waals surface area contributed by atoms with Crippen molar-refractivity contribution < 1.29 is 52.3 Å². The van der Waals surface area contributed by atoms with Crippen molar-refractivity contribution in [2.75, 3.05) is 47.1 Å². The van der Waals surface area contributed by atoms with Crippen molar-refractivity contribution in [2.24, 2.45) is 16.7 Å². The molecule has 4 aliphatic rings. The average molecular weight is 643 g/mol. The van der Waals surface area contributed by atoms with Gasteiger partial charge in [0.2, 0.25) is 0 Å². The second-order valence-corrected chi connectivity index (χ2v) is 26.0. The van der Waals surface area contributed by atoms with Gasteiger partial charge in [-0.15, -0.1) is 0 Å². The number of hydrogen-bond acceptors (Lipinski definition) is 11. The molecule has 13 heteroatoms. The first kappa shape index (κ1) is 34.3. The zero-order valence-corrected chi connectivity index (χ0v) is 29.2. The Morgan fingerprint density at radius 2 is 1.51 bits per heavy atom. The van der Waals surface area contributed by atoms with E-state index >= 15 is 0 Å². The van der Waals surface area contributed by atoms with Crippen LogP contribution in [0.3, 0.4) is 0 Å². The van der Waals surface area contributed by atoms with E-state index in [1.807, 2.05) is 0 Å². The van der Waals surface area contributed by atoms with E-state index in [9.17, 15) is 14.4 Å². The summed E-state index contributed by atoms with van der Waals surface area (Å²) in [6, 6.07) is 1.95. The Kier molecular flexibility index (Phi) is 10.4. The molecule has 244 valence electrons. The van der Waals surface area contributed by atoms with Gasteiger partial charge in [0.15, 0.2) is 0 Å². The maximum Gasteiger partial charge on any atom is 0.334 e. The lowest BCUT2D eigenvalue weighted by Gasteiger charge is -2.57. The first-order valence-corrected chi connectivity index (χ1v) is 22.6. The first-order valence-electron chi connectivity index (χ1n) is 15.2. The van der Waals surface area contributed by atoms with Crippen LogP contribution in [0.25, 0.3) is 0 Å². The van der Waals surface area contributed by atoms with Gasteiger partial charge in [0.1, 0.15) is 37.8 Å². The number of rotatable bonds is 14. The lowest BCUT2D eigenvalue weighted by atomic mass is 9.47. The normalized spacial score (nSPS) is 33.6. The molecule has 0 amide bonds. The van der Waals surface area contributed by atoms with E-state index in [2.05, 4.69) is 39.3 Å². The number of hydrogen-bond donors (Lipinski definition) is 0. The van der Waals surface area contributed by atoms with Crippen molar-refractivity contribution in [1.29, 1.82) is 0 Å². The molecule has 43 heavy (non-hydrogen) atoms. The van der Waals surface area contributed by atoms with E-state index in [4.69, 9.17) is 37.9 Å². The lowest BCUT2D eigenvalue weighted by molar-refractivity contribution is -0.237. The summed E-state index contributed by atoms with van der Waals surface area (Å²) < 4.78 is 47.9. The maximum absolute atomic E-state index is 13.9. The largest absolute Gasteiger partial charge is 0.468 e. The van der Waals surface area contributed by atoms with Gasteiger partial charge in [0.25, 0.3) is 0 Å². The van der Waals surface area contributed by atoms with E-state index < -0.39 is 75.2 Å². The van der Waals surface area contributed by atoms with Gasteiger partial charge < -0.3 is 37.9 Å². The van der Waals surface area contributed by atoms with Gasteiger partial charge in [-0.2, -0.15) is 0 Å². The fourth-order valence-corrected chi connectivity index (χ4v) is 8.70. The van der Waals surface area contributed by atoms with E-state index in [0.717, 1.165) is 12.1 Å². The molecule has 2 aliphatic heterocycles. The Morgan fingerprint density at radius 1 is 0.930 bits per heavy atom. The van der Waals surface area contributed by atoms with Crippen LogP contribution in [0.4, 0.5) is 0 Å². The summed E-state index contributed by atoms with van der Waals surface area (Å²) in [7, 11) is -1.30. The van der Waals surface area contributed by atoms with Gasteiger partial charge in [-0.25, -0.2) is 4.79 Å². The molecule has 2 heterocycles. The molecule has 0 aromatic carbocycles. The molecule has 11 nitrogen and oxygen atoms in total. The van der Waals surface area contributed by atoms with E-state index in [1.165, 1.54) is 14.0 Å². The number of ether oxygens (including phenoxy) is 8. The van der Waals surface area contributed by atoms with Crippen LogP contribution in [0, 0.1) is 16.7 Å². The molecular formula is C30H50O11Si2. The first-order chi connectivity index (χ1) is 20.1. The van der Waals surface area contributed by atoms with Crippen molar-refractivity contribution in [3.63, 3.8) is 0 Å². The van der Waals surface area contributed by atoms with Crippen LogP contribution in [-0.4, -0.2) is 106 Å². The SMILES string of the molecule is COC(=O)[C@]12CO[C@@H]3[C@@H]1[C@]1(COC(=O)C1=C(C)[C@@H]3OC(C)=O)[C@@H](OCOCC[Si](C)(C)C)C[C@H]2OCOCC[Si](C)(C)C. The summed E-state index contributed by atoms with van der Waals surface area (Å²) in [5.74, 6) is -2.25. The highest BCUT2D eigenvalue weighted by atomic mass is 28.3. The van der Waals surface area contributed by atoms with Crippen LogP contribution in [0.15, 0.2) is 11.1 Å². The Balaban J connectivity index is 1.72. The highest BCUT2D eigenvalue weighted by Gasteiger charge is 2.78. The molecule has 0 N–H and O–H groups in total. The van der Waals surface area contributed by atoms with Crippen molar-refractivity contribution in [3.8, 4) is 0 Å². The Hall–Kier alpha value is -1.62. The fourth-order valence-electron chi connectivity index (χ4n) is 7.18. The Labute approximate surface area is 257 Å². The van der Waals surface area contributed by atoms with E-state index in [1.54, 1.807) is 6.92 Å². The topological polar surface area (TPSA) is 125 Å². The van der Waals surface area contributed by atoms with Gasteiger partial charge in [0.05, 0.1) is 36.9 Å². The summed E-state index contributed by atoms with van der Waals surface area (Å²) in [5.41, 5.74) is -1.47. The third-order valence-electron chi connectivity index (χ3n) is 9.32. The van der Waals surface area contributed by atoms with Crippen LogP contribution in [0.1, 0.15) is 20.3 Å². The summed E-state index contributed by atoms with van der Waals surface area (Å²) in [6.45, 7) is 17.8. The molecule has 2 saturated heterocycles. The Morgan fingerprint density at radius 3 is 2.05 bits per heavy atom. The molecule has 2 aliphatic carbocycles. The molecule has 0 aromatic heterocycles. The average Bonchev–Trinajstić information content (AvgIpc) is 3.47. The van der Waals surface area contributed by atoms with Gasteiger partial charge in [-0.3, -0.25) is 9.59 Å². The zero-order chi connectivity index (χ0) is 31.8. The summed E-state index contributed by atoms with van der Waals surface area (Å²) in [4.78, 5) is 39.5. The fraction of sp³-hybridized carbons (Fsp3) is 0.833. The minimum absolute atomic E-state index is 0.00638. The highest BCUT2D eigenvalue weighted by Crippen LogP contribution is 2.67. The number of methoxy groups -OCH3 is 1. The van der Waals surface area contributed by atoms with Crippen LogP contribution < -0.4 is 0 Å². The monoisotopic (exact) mass is 642 g/mol. The second kappa shape index (κ2) is 13.0. The van der Waals surface area contributed by atoms with Crippen molar-refractivity contribution in [1.82, 2.24) is 0 Å². The zero-order valence-electron chi connectivity index (χ0n) is 27.2. The van der Waals surface area contributed by atoms with Crippen molar-refractivity contribution in [2.45, 2.75) is 96.1 Å². The summed E-state index contributed by atoms with van der Waals surface area (Å²) >= 11 is 0. The number of esters is 3. The van der Waals surface area contributed by atoms with Gasteiger partial charge >= 0.3 is 17.9 Å². The van der Waals surface area contributed by atoms with Crippen LogP contribution >= 0.6 is 0 Å². The number of carbonyl (C=O) groups is 3. The van der Waals surface area contributed by atoms with Gasteiger partial charge in [-0.1, -0.05) is 39.3 Å². The molecule has 7 atom stereocenters. The molecule has 0 bridgehead atoms. The van der Waals surface area contributed by atoms with E-state index in [0.29, 0.717) is 24.4 Å². The quantitative estimate of drug-likeness (QED) is 0.0904. The predicted octanol–water partition coefficient (Wildman–Crippen LogP) is 3.76. The molecular weight excluding hydrogens is 592 g/mol. The van der Waals surface area contributed by atoms with Gasteiger partial charge in [-0.05, 0) is 24.6 Å². The molecule has 0 radical (unpaired) electrons. The lowest BCUT2D eigenvalue weighted by Crippen LogP contribution is -2.68. The standard InChI is InChI=1S/C30H50O11Si2/c1-19-23-27(32)38-15-29(23)21(39-17-35-10-12-42(4,5)6)14-22(40-18-36-11-13-43(7,8)9)30(28(33)34-3)16-37-25(26(29)30)24(19)41-20(2)31/h21-22,24-26H,10-18H2,1-9H3/t21-,22+,24-,25-,26+,29+,30-/m0/s1. The molecule has 4 rings (SSSR count). The minimum Gasteiger partial charge on any atom is -0.468 e. The van der Waals surface area contributed by atoms with Crippen LogP contribution in [0.2, 0.25) is 51.4 Å². The smallest absolute Gasteiger partial charge is 0.334 e. The van der Waals surface area contributed by atoms with Crippen LogP contribution in [-0.2, 0) is 52.3 Å². The molecule has 1 spiro atoms. The van der Waals surface area contributed by atoms with Gasteiger partial charge in [0, 0.05) is 48.6 Å². The molecule has 1 saturated carbocycles. The molecule has 0 unspecified atom stereocenters. The number of carbonyl (C=O) groups excluding carboxylic acids is 3. The predicted molar refractivity (Wildman–Crippen MR) is 162 cm³/mol. The van der Waals surface area contributed by atoms with Crippen molar-refractivity contribution in [3.05, 3.63) is 11.1 Å². The summed E-state index contributed by atoms with van der Waals surface area (Å²) in [5, 5.41) is 0. The minimum atomic E-state index is -1.32. The second-order valence-electron chi connectivity index (χ2n) is 14.7. The highest BCUT2D eigenvalue weighted by molar-refractivity contribution is 6.76. The number of cyclic esters (lactones) is 1. The molecule has 0 aromatic rings. The third kappa shape index (κ3) is 6.68. The summed E-state index contributed by atoms with van der Waals surface area (Å²) in [6.07, 6.45) is -2.73. The molecule has 3 fully saturated rings.